The van der Waals surface area contributed by atoms with Crippen molar-refractivity contribution in [1.82, 2.24) is 10.3 Å². The average molecular weight is 280 g/mol. The number of rotatable bonds is 4. The Labute approximate surface area is 115 Å². The van der Waals surface area contributed by atoms with Gasteiger partial charge in [-0.1, -0.05) is 12.1 Å². The summed E-state index contributed by atoms with van der Waals surface area (Å²) in [6, 6.07) is 5.43. The standard InChI is InChI=1S/C15H15F3N2/c1-9-4-3-7-20-12(9)8-13(19-2)10-5-6-11(16)15(18)14(10)17/h3-7,13,19H,8H2,1-2H3. The summed E-state index contributed by atoms with van der Waals surface area (Å²) in [5.74, 6) is -3.78. The highest BCUT2D eigenvalue weighted by atomic mass is 19.2. The predicted molar refractivity (Wildman–Crippen MR) is 70.8 cm³/mol. The monoisotopic (exact) mass is 280 g/mol. The van der Waals surface area contributed by atoms with Crippen molar-refractivity contribution in [3.05, 3.63) is 64.7 Å². The number of benzene rings is 1. The molecule has 1 atom stereocenters. The number of nitrogens with one attached hydrogen (secondary N) is 1. The summed E-state index contributed by atoms with van der Waals surface area (Å²) in [6.07, 6.45) is 2.04. The second-order valence-electron chi connectivity index (χ2n) is 4.58. The molecule has 106 valence electrons. The zero-order valence-corrected chi connectivity index (χ0v) is 11.3. The van der Waals surface area contributed by atoms with Gasteiger partial charge in [-0.3, -0.25) is 4.98 Å². The van der Waals surface area contributed by atoms with E-state index in [1.807, 2.05) is 19.1 Å². The van der Waals surface area contributed by atoms with E-state index in [-0.39, 0.29) is 5.56 Å². The first-order valence-electron chi connectivity index (χ1n) is 6.25. The molecule has 0 spiro atoms. The molecular formula is C15H15F3N2. The van der Waals surface area contributed by atoms with Crippen molar-refractivity contribution in [2.24, 2.45) is 0 Å². The van der Waals surface area contributed by atoms with E-state index in [0.29, 0.717) is 6.42 Å². The Morgan fingerprint density at radius 2 is 1.90 bits per heavy atom. The Bertz CT molecular complexity index is 614. The second-order valence-corrected chi connectivity index (χ2v) is 4.58. The molecule has 0 radical (unpaired) electrons. The molecule has 5 heteroatoms. The molecule has 0 fully saturated rings. The van der Waals surface area contributed by atoms with E-state index in [4.69, 9.17) is 0 Å². The number of halogens is 3. The van der Waals surface area contributed by atoms with Crippen molar-refractivity contribution in [3.8, 4) is 0 Å². The first kappa shape index (κ1) is 14.5. The maximum Gasteiger partial charge on any atom is 0.194 e. The van der Waals surface area contributed by atoms with Gasteiger partial charge in [-0.2, -0.15) is 0 Å². The number of pyridine rings is 1. The quantitative estimate of drug-likeness (QED) is 0.869. The molecule has 0 amide bonds. The number of aryl methyl sites for hydroxylation is 1. The summed E-state index contributed by atoms with van der Waals surface area (Å²) < 4.78 is 40.1. The first-order chi connectivity index (χ1) is 9.54. The molecule has 20 heavy (non-hydrogen) atoms. The molecule has 0 aliphatic carbocycles. The van der Waals surface area contributed by atoms with Gasteiger partial charge in [0.15, 0.2) is 17.5 Å². The fourth-order valence-corrected chi connectivity index (χ4v) is 2.10. The Hall–Kier alpha value is -1.88. The molecule has 2 rings (SSSR count). The number of hydrogen-bond acceptors (Lipinski definition) is 2. The second kappa shape index (κ2) is 6.05. The van der Waals surface area contributed by atoms with Crippen molar-refractivity contribution in [3.63, 3.8) is 0 Å². The van der Waals surface area contributed by atoms with Gasteiger partial charge in [-0.25, -0.2) is 13.2 Å². The smallest absolute Gasteiger partial charge is 0.194 e. The zero-order valence-electron chi connectivity index (χ0n) is 11.3. The van der Waals surface area contributed by atoms with Crippen LogP contribution in [0.1, 0.15) is 22.9 Å². The Morgan fingerprint density at radius 3 is 2.55 bits per heavy atom. The van der Waals surface area contributed by atoms with Gasteiger partial charge in [-0.05, 0) is 31.7 Å². The maximum atomic E-state index is 13.8. The number of aromatic nitrogens is 1. The molecular weight excluding hydrogens is 265 g/mol. The van der Waals surface area contributed by atoms with Crippen molar-refractivity contribution in [1.29, 1.82) is 0 Å². The summed E-state index contributed by atoms with van der Waals surface area (Å²) in [5, 5.41) is 2.91. The summed E-state index contributed by atoms with van der Waals surface area (Å²) in [5.41, 5.74) is 1.85. The topological polar surface area (TPSA) is 24.9 Å². The molecule has 0 saturated heterocycles. The van der Waals surface area contributed by atoms with Crippen LogP contribution < -0.4 is 5.32 Å². The SMILES string of the molecule is CNC(Cc1ncccc1C)c1ccc(F)c(F)c1F. The molecule has 1 unspecified atom stereocenters. The molecule has 1 heterocycles. The molecule has 1 N–H and O–H groups in total. The number of nitrogens with zero attached hydrogens (tertiary/aromatic N) is 1. The van der Waals surface area contributed by atoms with Gasteiger partial charge >= 0.3 is 0 Å². The third-order valence-corrected chi connectivity index (χ3v) is 3.30. The van der Waals surface area contributed by atoms with Crippen LogP contribution in [0.25, 0.3) is 0 Å². The van der Waals surface area contributed by atoms with Gasteiger partial charge in [0, 0.05) is 29.9 Å². The van der Waals surface area contributed by atoms with Gasteiger partial charge in [0.25, 0.3) is 0 Å². The lowest BCUT2D eigenvalue weighted by molar-refractivity contribution is 0.428. The lowest BCUT2D eigenvalue weighted by atomic mass is 9.99. The van der Waals surface area contributed by atoms with Gasteiger partial charge < -0.3 is 5.32 Å². The average Bonchev–Trinajstić information content (AvgIpc) is 2.45. The highest BCUT2D eigenvalue weighted by Crippen LogP contribution is 2.24. The number of hydrogen-bond donors (Lipinski definition) is 1. The summed E-state index contributed by atoms with van der Waals surface area (Å²) in [4.78, 5) is 4.23. The summed E-state index contributed by atoms with van der Waals surface area (Å²) in [7, 11) is 1.64. The van der Waals surface area contributed by atoms with Crippen LogP contribution in [0.2, 0.25) is 0 Å². The highest BCUT2D eigenvalue weighted by molar-refractivity contribution is 5.27. The summed E-state index contributed by atoms with van der Waals surface area (Å²) in [6.45, 7) is 1.90. The Kier molecular flexibility index (Phi) is 4.39. The van der Waals surface area contributed by atoms with Gasteiger partial charge in [0.05, 0.1) is 0 Å². The molecule has 0 saturated carbocycles. The van der Waals surface area contributed by atoms with E-state index in [9.17, 15) is 13.2 Å². The van der Waals surface area contributed by atoms with Crippen LogP contribution in [-0.2, 0) is 6.42 Å². The van der Waals surface area contributed by atoms with Crippen LogP contribution in [0.5, 0.6) is 0 Å². The van der Waals surface area contributed by atoms with Crippen LogP contribution in [0.4, 0.5) is 13.2 Å². The first-order valence-corrected chi connectivity index (χ1v) is 6.25. The van der Waals surface area contributed by atoms with Gasteiger partial charge in [0.1, 0.15) is 0 Å². The van der Waals surface area contributed by atoms with Crippen molar-refractivity contribution in [2.75, 3.05) is 7.05 Å². The molecule has 2 nitrogen and oxygen atoms in total. The van der Waals surface area contributed by atoms with E-state index < -0.39 is 23.5 Å². The van der Waals surface area contributed by atoms with E-state index in [0.717, 1.165) is 17.3 Å². The summed E-state index contributed by atoms with van der Waals surface area (Å²) >= 11 is 0. The van der Waals surface area contributed by atoms with Crippen LogP contribution in [0, 0.1) is 24.4 Å². The van der Waals surface area contributed by atoms with Crippen LogP contribution >= 0.6 is 0 Å². The predicted octanol–water partition coefficient (Wildman–Crippen LogP) is 3.31. The van der Waals surface area contributed by atoms with E-state index >= 15 is 0 Å². The minimum atomic E-state index is -1.44. The van der Waals surface area contributed by atoms with Crippen molar-refractivity contribution < 1.29 is 13.2 Å². The lowest BCUT2D eigenvalue weighted by Gasteiger charge is -2.18. The van der Waals surface area contributed by atoms with Crippen LogP contribution in [0.3, 0.4) is 0 Å². The molecule has 1 aromatic carbocycles. The third-order valence-electron chi connectivity index (χ3n) is 3.30. The van der Waals surface area contributed by atoms with Crippen LogP contribution in [0.15, 0.2) is 30.5 Å². The van der Waals surface area contributed by atoms with Gasteiger partial charge in [-0.15, -0.1) is 0 Å². The van der Waals surface area contributed by atoms with Gasteiger partial charge in [0.2, 0.25) is 0 Å². The normalized spacial score (nSPS) is 12.4. The Morgan fingerprint density at radius 1 is 1.15 bits per heavy atom. The molecule has 0 bridgehead atoms. The minimum Gasteiger partial charge on any atom is -0.313 e. The molecule has 0 aliphatic heterocycles. The van der Waals surface area contributed by atoms with Crippen LogP contribution in [-0.4, -0.2) is 12.0 Å². The zero-order chi connectivity index (χ0) is 14.7. The third kappa shape index (κ3) is 2.82. The largest absolute Gasteiger partial charge is 0.313 e. The fourth-order valence-electron chi connectivity index (χ4n) is 2.10. The van der Waals surface area contributed by atoms with E-state index in [2.05, 4.69) is 10.3 Å². The van der Waals surface area contributed by atoms with Crippen molar-refractivity contribution in [2.45, 2.75) is 19.4 Å². The lowest BCUT2D eigenvalue weighted by Crippen LogP contribution is -2.21. The molecule has 0 aliphatic rings. The highest BCUT2D eigenvalue weighted by Gasteiger charge is 2.20. The minimum absolute atomic E-state index is 0.0939. The maximum absolute atomic E-state index is 13.8. The van der Waals surface area contributed by atoms with Crippen molar-refractivity contribution >= 4 is 0 Å². The Balaban J connectivity index is 2.34. The number of likely N-dealkylation sites (N-methyl/N-ethyl adjacent to an activating group) is 1. The molecule has 1 aromatic heterocycles. The van der Waals surface area contributed by atoms with E-state index in [1.54, 1.807) is 13.2 Å². The van der Waals surface area contributed by atoms with E-state index in [1.165, 1.54) is 6.07 Å². The fraction of sp³-hybridized carbons (Fsp3) is 0.267. The molecule has 2 aromatic rings.